The van der Waals surface area contributed by atoms with Crippen LogP contribution in [-0.4, -0.2) is 23.7 Å². The van der Waals surface area contributed by atoms with Crippen LogP contribution in [0.1, 0.15) is 49.4 Å². The molecular formula is C15H21NO2. The van der Waals surface area contributed by atoms with Crippen molar-refractivity contribution in [2.24, 2.45) is 0 Å². The summed E-state index contributed by atoms with van der Waals surface area (Å²) in [5.41, 5.74) is 1.42. The van der Waals surface area contributed by atoms with Crippen LogP contribution in [-0.2, 0) is 0 Å². The molecule has 1 aliphatic rings. The second-order valence-electron chi connectivity index (χ2n) is 4.93. The first kappa shape index (κ1) is 12.9. The Morgan fingerprint density at radius 2 is 2.06 bits per heavy atom. The Labute approximate surface area is 108 Å². The number of hydrogen-bond donors (Lipinski definition) is 1. The van der Waals surface area contributed by atoms with Gasteiger partial charge in [0, 0.05) is 18.3 Å². The van der Waals surface area contributed by atoms with Gasteiger partial charge in [0.15, 0.2) is 0 Å². The van der Waals surface area contributed by atoms with Crippen LogP contribution in [0.3, 0.4) is 0 Å². The van der Waals surface area contributed by atoms with E-state index in [0.717, 1.165) is 12.2 Å². The lowest BCUT2D eigenvalue weighted by molar-refractivity contribution is 0.0697. The molecular weight excluding hydrogens is 226 g/mol. The normalized spacial score (nSPS) is 16.5. The first-order chi connectivity index (χ1) is 8.72. The Morgan fingerprint density at radius 1 is 1.33 bits per heavy atom. The van der Waals surface area contributed by atoms with Gasteiger partial charge in [-0.05, 0) is 38.0 Å². The number of carboxylic acid groups (broad SMARTS) is 1. The van der Waals surface area contributed by atoms with E-state index in [0.29, 0.717) is 11.6 Å². The highest BCUT2D eigenvalue weighted by Crippen LogP contribution is 2.27. The molecule has 0 aromatic heterocycles. The molecule has 98 valence electrons. The fourth-order valence-electron chi connectivity index (χ4n) is 2.86. The highest BCUT2D eigenvalue weighted by molar-refractivity contribution is 5.88. The van der Waals surface area contributed by atoms with E-state index in [1.54, 1.807) is 12.1 Å². The molecule has 1 aromatic rings. The Kier molecular flexibility index (Phi) is 4.24. The van der Waals surface area contributed by atoms with Crippen molar-refractivity contribution in [2.45, 2.75) is 45.1 Å². The zero-order valence-corrected chi connectivity index (χ0v) is 10.9. The van der Waals surface area contributed by atoms with Gasteiger partial charge in [0.25, 0.3) is 0 Å². The Morgan fingerprint density at radius 3 is 2.67 bits per heavy atom. The monoisotopic (exact) mass is 247 g/mol. The van der Waals surface area contributed by atoms with Crippen LogP contribution in [0.2, 0.25) is 0 Å². The molecule has 18 heavy (non-hydrogen) atoms. The highest BCUT2D eigenvalue weighted by Gasteiger charge is 2.20. The standard InChI is InChI=1S/C15H21NO2/c1-2-16(13-8-4-3-5-9-13)14-10-6-7-12(11-14)15(17)18/h6-7,10-11,13H,2-5,8-9H2,1H3,(H,17,18). The molecule has 0 spiro atoms. The van der Waals surface area contributed by atoms with Gasteiger partial charge in [-0.25, -0.2) is 4.79 Å². The van der Waals surface area contributed by atoms with Gasteiger partial charge in [-0.1, -0.05) is 25.3 Å². The molecule has 3 nitrogen and oxygen atoms in total. The number of hydrogen-bond acceptors (Lipinski definition) is 2. The number of carboxylic acids is 1. The van der Waals surface area contributed by atoms with Crippen molar-refractivity contribution >= 4 is 11.7 Å². The van der Waals surface area contributed by atoms with E-state index in [2.05, 4.69) is 11.8 Å². The molecule has 0 bridgehead atoms. The van der Waals surface area contributed by atoms with Crippen molar-refractivity contribution < 1.29 is 9.90 Å². The predicted molar refractivity (Wildman–Crippen MR) is 73.3 cm³/mol. The Bertz CT molecular complexity index is 411. The SMILES string of the molecule is CCN(c1cccc(C(=O)O)c1)C1CCCCC1. The van der Waals surface area contributed by atoms with Crippen molar-refractivity contribution in [3.63, 3.8) is 0 Å². The second kappa shape index (κ2) is 5.89. The van der Waals surface area contributed by atoms with Crippen molar-refractivity contribution in [1.82, 2.24) is 0 Å². The molecule has 1 saturated carbocycles. The van der Waals surface area contributed by atoms with Gasteiger partial charge < -0.3 is 10.0 Å². The summed E-state index contributed by atoms with van der Waals surface area (Å²) < 4.78 is 0. The third-order valence-corrected chi connectivity index (χ3v) is 3.78. The van der Waals surface area contributed by atoms with Crippen molar-refractivity contribution in [1.29, 1.82) is 0 Å². The minimum absolute atomic E-state index is 0.377. The summed E-state index contributed by atoms with van der Waals surface area (Å²) in [6.45, 7) is 3.08. The number of rotatable bonds is 4. The lowest BCUT2D eigenvalue weighted by atomic mass is 9.93. The van der Waals surface area contributed by atoms with E-state index in [-0.39, 0.29) is 0 Å². The molecule has 3 heteroatoms. The molecule has 0 amide bonds. The number of anilines is 1. The molecule has 1 aromatic carbocycles. The van der Waals surface area contributed by atoms with Crippen molar-refractivity contribution in [3.8, 4) is 0 Å². The maximum atomic E-state index is 11.0. The van der Waals surface area contributed by atoms with Crippen LogP contribution in [0.4, 0.5) is 5.69 Å². The van der Waals surface area contributed by atoms with E-state index < -0.39 is 5.97 Å². The molecule has 1 fully saturated rings. The zero-order chi connectivity index (χ0) is 13.0. The first-order valence-corrected chi connectivity index (χ1v) is 6.82. The predicted octanol–water partition coefficient (Wildman–Crippen LogP) is 3.54. The maximum absolute atomic E-state index is 11.0. The third kappa shape index (κ3) is 2.84. The van der Waals surface area contributed by atoms with Gasteiger partial charge >= 0.3 is 5.97 Å². The summed E-state index contributed by atoms with van der Waals surface area (Å²) in [6.07, 6.45) is 6.37. The van der Waals surface area contributed by atoms with Gasteiger partial charge in [-0.15, -0.1) is 0 Å². The largest absolute Gasteiger partial charge is 0.478 e. The van der Waals surface area contributed by atoms with E-state index >= 15 is 0 Å². The molecule has 1 aliphatic carbocycles. The minimum atomic E-state index is -0.850. The quantitative estimate of drug-likeness (QED) is 0.884. The second-order valence-corrected chi connectivity index (χ2v) is 4.93. The lowest BCUT2D eigenvalue weighted by Crippen LogP contribution is -2.36. The summed E-state index contributed by atoms with van der Waals surface area (Å²) >= 11 is 0. The van der Waals surface area contributed by atoms with Gasteiger partial charge in [0.1, 0.15) is 0 Å². The summed E-state index contributed by atoms with van der Waals surface area (Å²) in [6, 6.07) is 7.88. The highest BCUT2D eigenvalue weighted by atomic mass is 16.4. The lowest BCUT2D eigenvalue weighted by Gasteiger charge is -2.35. The van der Waals surface area contributed by atoms with Gasteiger partial charge in [0.2, 0.25) is 0 Å². The number of carbonyl (C=O) groups is 1. The van der Waals surface area contributed by atoms with Crippen LogP contribution in [0.5, 0.6) is 0 Å². The van der Waals surface area contributed by atoms with Crippen LogP contribution in [0.25, 0.3) is 0 Å². The van der Waals surface area contributed by atoms with E-state index in [9.17, 15) is 4.79 Å². The summed E-state index contributed by atoms with van der Waals surface area (Å²) in [4.78, 5) is 13.4. The van der Waals surface area contributed by atoms with Crippen molar-refractivity contribution in [3.05, 3.63) is 29.8 Å². The number of aromatic carboxylic acids is 1. The molecule has 0 saturated heterocycles. The molecule has 0 atom stereocenters. The first-order valence-electron chi connectivity index (χ1n) is 6.82. The average Bonchev–Trinajstić information content (AvgIpc) is 2.41. The fourth-order valence-corrected chi connectivity index (χ4v) is 2.86. The van der Waals surface area contributed by atoms with Crippen LogP contribution in [0.15, 0.2) is 24.3 Å². The third-order valence-electron chi connectivity index (χ3n) is 3.78. The van der Waals surface area contributed by atoms with Crippen LogP contribution < -0.4 is 4.90 Å². The topological polar surface area (TPSA) is 40.5 Å². The zero-order valence-electron chi connectivity index (χ0n) is 10.9. The fraction of sp³-hybridized carbons (Fsp3) is 0.533. The maximum Gasteiger partial charge on any atom is 0.335 e. The molecule has 2 rings (SSSR count). The van der Waals surface area contributed by atoms with E-state index in [4.69, 9.17) is 5.11 Å². The Balaban J connectivity index is 2.20. The van der Waals surface area contributed by atoms with Gasteiger partial charge in [0.05, 0.1) is 5.56 Å². The van der Waals surface area contributed by atoms with Crippen molar-refractivity contribution in [2.75, 3.05) is 11.4 Å². The summed E-state index contributed by atoms with van der Waals surface area (Å²) in [5.74, 6) is -0.850. The van der Waals surface area contributed by atoms with Crippen LogP contribution >= 0.6 is 0 Å². The number of benzene rings is 1. The van der Waals surface area contributed by atoms with E-state index in [1.165, 1.54) is 32.1 Å². The molecule has 0 heterocycles. The number of nitrogens with zero attached hydrogens (tertiary/aromatic N) is 1. The minimum Gasteiger partial charge on any atom is -0.478 e. The Hall–Kier alpha value is -1.51. The van der Waals surface area contributed by atoms with Gasteiger partial charge in [-0.2, -0.15) is 0 Å². The summed E-state index contributed by atoms with van der Waals surface area (Å²) in [7, 11) is 0. The smallest absolute Gasteiger partial charge is 0.335 e. The summed E-state index contributed by atoms with van der Waals surface area (Å²) in [5, 5.41) is 9.06. The molecule has 1 N–H and O–H groups in total. The van der Waals surface area contributed by atoms with Crippen LogP contribution in [0, 0.1) is 0 Å². The molecule has 0 aliphatic heterocycles. The molecule has 0 unspecified atom stereocenters. The van der Waals surface area contributed by atoms with E-state index in [1.807, 2.05) is 12.1 Å². The average molecular weight is 247 g/mol. The van der Waals surface area contributed by atoms with Gasteiger partial charge in [-0.3, -0.25) is 0 Å². The molecule has 0 radical (unpaired) electrons.